The topological polar surface area (TPSA) is 96.6 Å². The van der Waals surface area contributed by atoms with Crippen molar-refractivity contribution >= 4 is 51.4 Å². The molecule has 2 aliphatic heterocycles. The summed E-state index contributed by atoms with van der Waals surface area (Å²) in [6.07, 6.45) is 2.25. The summed E-state index contributed by atoms with van der Waals surface area (Å²) in [5.41, 5.74) is 0.687. The van der Waals surface area contributed by atoms with Gasteiger partial charge in [-0.2, -0.15) is 15.1 Å². The molecule has 0 radical (unpaired) electrons. The molecule has 2 aromatic carbocycles. The fourth-order valence-corrected chi connectivity index (χ4v) is 4.22. The van der Waals surface area contributed by atoms with Crippen molar-refractivity contribution in [3.8, 4) is 17.2 Å². The Labute approximate surface area is 200 Å². The maximum atomic E-state index is 12.6. The number of nitrogens with one attached hydrogen (secondary N) is 1. The minimum Gasteiger partial charge on any atom is -0.493 e. The van der Waals surface area contributed by atoms with Crippen LogP contribution in [0, 0.1) is 5.41 Å². The zero-order valence-corrected chi connectivity index (χ0v) is 19.6. The number of halogens is 1. The highest BCUT2D eigenvalue weighted by Crippen LogP contribution is 2.37. The average Bonchev–Trinajstić information content (AvgIpc) is 3.24. The van der Waals surface area contributed by atoms with Crippen LogP contribution in [0.15, 0.2) is 58.1 Å². The number of rotatable bonds is 8. The van der Waals surface area contributed by atoms with Crippen molar-refractivity contribution < 1.29 is 19.0 Å². The molecule has 8 nitrogen and oxygen atoms in total. The maximum absolute atomic E-state index is 12.6. The predicted molar refractivity (Wildman–Crippen MR) is 131 cm³/mol. The van der Waals surface area contributed by atoms with E-state index in [-0.39, 0.29) is 18.0 Å². The minimum absolute atomic E-state index is 0.0329. The lowest BCUT2D eigenvalue weighted by atomic mass is 10.1. The van der Waals surface area contributed by atoms with Gasteiger partial charge in [-0.25, -0.2) is 0 Å². The van der Waals surface area contributed by atoms with Crippen molar-refractivity contribution in [1.29, 1.82) is 5.41 Å². The normalized spacial score (nSPS) is 16.5. The van der Waals surface area contributed by atoms with Crippen LogP contribution in [0.25, 0.3) is 6.08 Å². The average molecular weight is 485 g/mol. The van der Waals surface area contributed by atoms with Gasteiger partial charge in [0.05, 0.1) is 17.7 Å². The Kier molecular flexibility index (Phi) is 7.00. The lowest BCUT2D eigenvalue weighted by Gasteiger charge is -2.20. The Bertz CT molecular complexity index is 1180. The number of hydrogen-bond donors (Lipinski definition) is 1. The molecule has 2 aromatic rings. The van der Waals surface area contributed by atoms with Gasteiger partial charge in [0.15, 0.2) is 17.3 Å². The van der Waals surface area contributed by atoms with Crippen molar-refractivity contribution in [2.45, 2.75) is 13.3 Å². The second-order valence-corrected chi connectivity index (χ2v) is 8.36. The van der Waals surface area contributed by atoms with Crippen molar-refractivity contribution in [3.05, 3.63) is 58.6 Å². The molecule has 170 valence electrons. The fourth-order valence-electron chi connectivity index (χ4n) is 3.12. The van der Waals surface area contributed by atoms with Crippen LogP contribution in [0.3, 0.4) is 0 Å². The number of carbonyl (C=O) groups excluding carboxylic acids is 1. The van der Waals surface area contributed by atoms with Gasteiger partial charge < -0.3 is 14.2 Å². The number of methoxy groups -OCH3 is 1. The van der Waals surface area contributed by atoms with E-state index in [9.17, 15) is 4.79 Å². The van der Waals surface area contributed by atoms with Crippen molar-refractivity contribution in [3.63, 3.8) is 0 Å². The van der Waals surface area contributed by atoms with Gasteiger partial charge in [0.2, 0.25) is 5.17 Å². The van der Waals surface area contributed by atoms with Crippen molar-refractivity contribution in [1.82, 2.24) is 5.01 Å². The zero-order valence-electron chi connectivity index (χ0n) is 18.0. The Balaban J connectivity index is 1.50. The maximum Gasteiger partial charge on any atom is 0.283 e. The summed E-state index contributed by atoms with van der Waals surface area (Å²) >= 11 is 7.75. The molecule has 0 bridgehead atoms. The number of aliphatic imine (C=N–C) groups is 1. The van der Waals surface area contributed by atoms with E-state index >= 15 is 0 Å². The van der Waals surface area contributed by atoms with Crippen LogP contribution in [-0.2, 0) is 4.79 Å². The molecular formula is C23H21ClN4O4S. The van der Waals surface area contributed by atoms with Crippen LogP contribution in [0.2, 0.25) is 5.02 Å². The number of amidine groups is 2. The Morgan fingerprint density at radius 1 is 1.18 bits per heavy atom. The zero-order chi connectivity index (χ0) is 23.4. The van der Waals surface area contributed by atoms with Crippen LogP contribution in [0.4, 0.5) is 0 Å². The molecular weight excluding hydrogens is 464 g/mol. The van der Waals surface area contributed by atoms with Gasteiger partial charge in [0, 0.05) is 0 Å². The Morgan fingerprint density at radius 2 is 1.94 bits per heavy atom. The van der Waals surface area contributed by atoms with Crippen LogP contribution in [0.1, 0.15) is 18.9 Å². The van der Waals surface area contributed by atoms with Crippen LogP contribution < -0.4 is 14.2 Å². The number of hydrogen-bond acceptors (Lipinski definition) is 7. The third-order valence-corrected chi connectivity index (χ3v) is 6.04. The van der Waals surface area contributed by atoms with Crippen molar-refractivity contribution in [2.24, 2.45) is 10.1 Å². The minimum atomic E-state index is -0.500. The highest BCUT2D eigenvalue weighted by molar-refractivity contribution is 8.26. The highest BCUT2D eigenvalue weighted by Gasteiger charge is 2.35. The molecule has 2 heterocycles. The van der Waals surface area contributed by atoms with Gasteiger partial charge in [-0.1, -0.05) is 36.7 Å². The van der Waals surface area contributed by atoms with Gasteiger partial charge in [0.1, 0.15) is 24.0 Å². The molecule has 2 aliphatic rings. The third-order valence-electron chi connectivity index (χ3n) is 4.70. The molecule has 0 atom stereocenters. The number of nitrogens with zero attached hydrogens (tertiary/aromatic N) is 3. The SMILES string of the molecule is CCC1=NN2C(=N)/C(=C\c3cc(Cl)c(OCCOc4ccccc4)c(OC)c3)C(=O)N=C2S1. The molecule has 0 spiro atoms. The quantitative estimate of drug-likeness (QED) is 0.425. The number of hydrazone groups is 1. The first-order chi connectivity index (χ1) is 16.0. The lowest BCUT2D eigenvalue weighted by molar-refractivity contribution is -0.114. The number of thioether (sulfide) groups is 1. The van der Waals surface area contributed by atoms with Crippen LogP contribution >= 0.6 is 23.4 Å². The second-order valence-electron chi connectivity index (χ2n) is 6.91. The summed E-state index contributed by atoms with van der Waals surface area (Å²) in [6, 6.07) is 12.8. The molecule has 33 heavy (non-hydrogen) atoms. The monoisotopic (exact) mass is 484 g/mol. The molecule has 1 N–H and O–H groups in total. The summed E-state index contributed by atoms with van der Waals surface area (Å²) in [4.78, 5) is 16.6. The Hall–Kier alpha value is -3.30. The van der Waals surface area contributed by atoms with Crippen LogP contribution in [-0.4, -0.2) is 47.3 Å². The van der Waals surface area contributed by atoms with E-state index in [1.54, 1.807) is 18.2 Å². The highest BCUT2D eigenvalue weighted by atomic mass is 35.5. The Morgan fingerprint density at radius 3 is 2.67 bits per heavy atom. The van der Waals surface area contributed by atoms with E-state index in [1.807, 2.05) is 37.3 Å². The smallest absolute Gasteiger partial charge is 0.283 e. The number of benzene rings is 2. The number of para-hydroxylation sites is 1. The van der Waals surface area contributed by atoms with E-state index in [4.69, 9.17) is 31.2 Å². The number of carbonyl (C=O) groups is 1. The first-order valence-corrected chi connectivity index (χ1v) is 11.4. The van der Waals surface area contributed by atoms with E-state index in [0.29, 0.717) is 40.3 Å². The van der Waals surface area contributed by atoms with Crippen molar-refractivity contribution in [2.75, 3.05) is 20.3 Å². The van der Waals surface area contributed by atoms with Gasteiger partial charge in [-0.15, -0.1) is 0 Å². The summed E-state index contributed by atoms with van der Waals surface area (Å²) in [5, 5.41) is 15.7. The molecule has 0 aromatic heterocycles. The van der Waals surface area contributed by atoms with E-state index in [2.05, 4.69) is 10.1 Å². The molecule has 0 unspecified atom stereocenters. The molecule has 0 fully saturated rings. The largest absolute Gasteiger partial charge is 0.493 e. The predicted octanol–water partition coefficient (Wildman–Crippen LogP) is 4.84. The van der Waals surface area contributed by atoms with Gasteiger partial charge >= 0.3 is 0 Å². The summed E-state index contributed by atoms with van der Waals surface area (Å²) < 4.78 is 16.9. The molecule has 0 saturated carbocycles. The second kappa shape index (κ2) is 10.1. The number of ether oxygens (including phenoxy) is 3. The standard InChI is InChI=1S/C23H21ClN4O4S/c1-3-19-27-28-21(25)16(22(29)26-23(28)33-19)11-14-12-17(24)20(18(13-14)30-2)32-10-9-31-15-7-5-4-6-8-15/h4-8,11-13,25H,3,9-10H2,1-2H3/b16-11+,25-21?. The number of fused-ring (bicyclic) bond motifs is 1. The fraction of sp³-hybridized carbons (Fsp3) is 0.217. The molecule has 4 rings (SSSR count). The summed E-state index contributed by atoms with van der Waals surface area (Å²) in [7, 11) is 1.50. The summed E-state index contributed by atoms with van der Waals surface area (Å²) in [5.74, 6) is 0.986. The van der Waals surface area contributed by atoms with E-state index in [0.717, 1.165) is 10.8 Å². The van der Waals surface area contributed by atoms with E-state index in [1.165, 1.54) is 23.9 Å². The van der Waals surface area contributed by atoms with E-state index < -0.39 is 5.91 Å². The summed E-state index contributed by atoms with van der Waals surface area (Å²) in [6.45, 7) is 2.55. The lowest BCUT2D eigenvalue weighted by Crippen LogP contribution is -2.35. The van der Waals surface area contributed by atoms with Gasteiger partial charge in [-0.3, -0.25) is 10.2 Å². The first kappa shape index (κ1) is 22.9. The molecule has 10 heteroatoms. The molecule has 1 amide bonds. The van der Waals surface area contributed by atoms with Crippen LogP contribution in [0.5, 0.6) is 17.2 Å². The van der Waals surface area contributed by atoms with Gasteiger partial charge in [0.25, 0.3) is 5.91 Å². The third kappa shape index (κ3) is 5.04. The van der Waals surface area contributed by atoms with Gasteiger partial charge in [-0.05, 0) is 54.1 Å². The molecule has 0 saturated heterocycles. The molecule has 0 aliphatic carbocycles. The first-order valence-electron chi connectivity index (χ1n) is 10.2. The number of amides is 1.